The molecule has 27 heavy (non-hydrogen) atoms. The van der Waals surface area contributed by atoms with Crippen molar-refractivity contribution in [1.29, 1.82) is 0 Å². The van der Waals surface area contributed by atoms with E-state index in [9.17, 15) is 14.0 Å². The molecule has 1 aromatic carbocycles. The Labute approximate surface area is 160 Å². The molecule has 0 aromatic heterocycles. The van der Waals surface area contributed by atoms with E-state index in [-0.39, 0.29) is 5.56 Å². The van der Waals surface area contributed by atoms with Gasteiger partial charge in [-0.2, -0.15) is 0 Å². The Kier molecular flexibility index (Phi) is 8.69. The fraction of sp³-hybridized carbons (Fsp3) is 0.600. The van der Waals surface area contributed by atoms with E-state index in [4.69, 9.17) is 9.84 Å². The van der Waals surface area contributed by atoms with Crippen LogP contribution in [0.5, 0.6) is 0 Å². The first-order chi connectivity index (χ1) is 12.5. The molecular formula is C20H31FN2O4. The summed E-state index contributed by atoms with van der Waals surface area (Å²) < 4.78 is 18.0. The van der Waals surface area contributed by atoms with Gasteiger partial charge in [0.15, 0.2) is 6.04 Å². The number of alkyl carbamates (subject to hydrolysis) is 1. The van der Waals surface area contributed by atoms with Gasteiger partial charge in [0.1, 0.15) is 11.4 Å². The van der Waals surface area contributed by atoms with Crippen LogP contribution in [0, 0.1) is 11.7 Å². The summed E-state index contributed by atoms with van der Waals surface area (Å²) in [5.74, 6) is -0.891. The van der Waals surface area contributed by atoms with Crippen LogP contribution >= 0.6 is 0 Å². The van der Waals surface area contributed by atoms with Crippen LogP contribution in [0.2, 0.25) is 0 Å². The topological polar surface area (TPSA) is 78.9 Å². The Bertz CT molecular complexity index is 613. The first-order valence-corrected chi connectivity index (χ1v) is 9.14. The number of hydrogen-bond acceptors (Lipinski definition) is 4. The lowest BCUT2D eigenvalue weighted by atomic mass is 10.00. The highest BCUT2D eigenvalue weighted by Gasteiger charge is 2.25. The number of carbonyl (C=O) groups is 2. The third-order valence-corrected chi connectivity index (χ3v) is 4.10. The number of aliphatic carboxylic acids is 1. The number of halogens is 1. The lowest BCUT2D eigenvalue weighted by Gasteiger charge is -2.26. The Morgan fingerprint density at radius 3 is 2.33 bits per heavy atom. The van der Waals surface area contributed by atoms with E-state index in [1.54, 1.807) is 20.8 Å². The third kappa shape index (κ3) is 9.38. The van der Waals surface area contributed by atoms with Crippen LogP contribution in [0.1, 0.15) is 52.1 Å². The van der Waals surface area contributed by atoms with Gasteiger partial charge in [0.05, 0.1) is 0 Å². The molecule has 0 aliphatic carbocycles. The summed E-state index contributed by atoms with van der Waals surface area (Å²) in [7, 11) is 2.20. The largest absolute Gasteiger partial charge is 0.479 e. The number of nitrogens with one attached hydrogen (secondary N) is 1. The summed E-state index contributed by atoms with van der Waals surface area (Å²) in [6.45, 7) is 9.93. The lowest BCUT2D eigenvalue weighted by molar-refractivity contribution is -0.139. The highest BCUT2D eigenvalue weighted by atomic mass is 19.1. The fourth-order valence-electron chi connectivity index (χ4n) is 2.54. The number of carbonyl (C=O) groups excluding carboxylic acids is 1. The second-order valence-corrected chi connectivity index (χ2v) is 7.96. The highest BCUT2D eigenvalue weighted by Crippen LogP contribution is 2.16. The SMILES string of the molecule is CC(C)(C)OC(=O)NC(C(=O)O)c1cccc(F)c1.CC1CCN(C)CC1. The number of piperidine rings is 1. The number of amides is 1. The second-order valence-electron chi connectivity index (χ2n) is 7.96. The second kappa shape index (κ2) is 10.3. The van der Waals surface area contributed by atoms with E-state index in [0.717, 1.165) is 12.0 Å². The van der Waals surface area contributed by atoms with Crippen LogP contribution < -0.4 is 5.32 Å². The van der Waals surface area contributed by atoms with Crippen molar-refractivity contribution in [2.24, 2.45) is 5.92 Å². The highest BCUT2D eigenvalue weighted by molar-refractivity contribution is 5.81. The van der Waals surface area contributed by atoms with Crippen LogP contribution in [0.3, 0.4) is 0 Å². The minimum Gasteiger partial charge on any atom is -0.479 e. The van der Waals surface area contributed by atoms with Crippen molar-refractivity contribution >= 4 is 12.1 Å². The third-order valence-electron chi connectivity index (χ3n) is 4.10. The molecule has 1 amide bonds. The van der Waals surface area contributed by atoms with Crippen LogP contribution in [0.25, 0.3) is 0 Å². The lowest BCUT2D eigenvalue weighted by Crippen LogP contribution is -2.38. The Hall–Kier alpha value is -2.15. The quantitative estimate of drug-likeness (QED) is 0.831. The summed E-state index contributed by atoms with van der Waals surface area (Å²) in [6, 6.07) is 3.67. The minimum absolute atomic E-state index is 0.137. The molecule has 0 radical (unpaired) electrons. The number of hydrogen-bond donors (Lipinski definition) is 2. The van der Waals surface area contributed by atoms with Crippen LogP contribution in [0.4, 0.5) is 9.18 Å². The molecule has 0 bridgehead atoms. The van der Waals surface area contributed by atoms with Crippen molar-refractivity contribution in [2.45, 2.75) is 52.2 Å². The number of ether oxygens (including phenoxy) is 1. The summed E-state index contributed by atoms with van der Waals surface area (Å²) in [4.78, 5) is 25.1. The molecule has 1 atom stereocenters. The van der Waals surface area contributed by atoms with Crippen LogP contribution in [-0.4, -0.2) is 47.8 Å². The molecule has 1 aliphatic heterocycles. The van der Waals surface area contributed by atoms with Gasteiger partial charge in [0.25, 0.3) is 0 Å². The van der Waals surface area contributed by atoms with Gasteiger partial charge < -0.3 is 20.1 Å². The predicted molar refractivity (Wildman–Crippen MR) is 102 cm³/mol. The number of likely N-dealkylation sites (tertiary alicyclic amines) is 1. The summed E-state index contributed by atoms with van der Waals surface area (Å²) in [5.41, 5.74) is -0.604. The maximum absolute atomic E-state index is 13.1. The average molecular weight is 382 g/mol. The molecule has 6 nitrogen and oxygen atoms in total. The monoisotopic (exact) mass is 382 g/mol. The fourth-order valence-corrected chi connectivity index (χ4v) is 2.54. The van der Waals surface area contributed by atoms with Gasteiger partial charge in [0.2, 0.25) is 0 Å². The maximum atomic E-state index is 13.1. The van der Waals surface area contributed by atoms with Gasteiger partial charge in [0, 0.05) is 0 Å². The van der Waals surface area contributed by atoms with E-state index >= 15 is 0 Å². The summed E-state index contributed by atoms with van der Waals surface area (Å²) >= 11 is 0. The van der Waals surface area contributed by atoms with Crippen molar-refractivity contribution in [3.05, 3.63) is 35.6 Å². The molecule has 1 unspecified atom stereocenters. The molecule has 2 rings (SSSR count). The van der Waals surface area contributed by atoms with Gasteiger partial charge in [-0.05, 0) is 77.4 Å². The summed E-state index contributed by atoms with van der Waals surface area (Å²) in [6.07, 6.45) is 1.93. The number of rotatable bonds is 3. The Balaban J connectivity index is 0.000000377. The van der Waals surface area contributed by atoms with Gasteiger partial charge >= 0.3 is 12.1 Å². The van der Waals surface area contributed by atoms with Crippen LogP contribution in [0.15, 0.2) is 24.3 Å². The van der Waals surface area contributed by atoms with Crippen molar-refractivity contribution in [3.63, 3.8) is 0 Å². The summed E-state index contributed by atoms with van der Waals surface area (Å²) in [5, 5.41) is 11.3. The molecule has 1 heterocycles. The zero-order valence-corrected chi connectivity index (χ0v) is 16.8. The van der Waals surface area contributed by atoms with Gasteiger partial charge in [-0.15, -0.1) is 0 Å². The normalized spacial score (nSPS) is 16.7. The zero-order chi connectivity index (χ0) is 20.6. The van der Waals surface area contributed by atoms with Crippen molar-refractivity contribution in [1.82, 2.24) is 10.2 Å². The van der Waals surface area contributed by atoms with E-state index in [2.05, 4.69) is 24.2 Å². The van der Waals surface area contributed by atoms with Gasteiger partial charge in [-0.25, -0.2) is 14.0 Å². The molecule has 1 aromatic rings. The van der Waals surface area contributed by atoms with Crippen molar-refractivity contribution in [2.75, 3.05) is 20.1 Å². The number of carboxylic acid groups (broad SMARTS) is 1. The van der Waals surface area contributed by atoms with Crippen molar-refractivity contribution < 1.29 is 23.8 Å². The molecule has 152 valence electrons. The van der Waals surface area contributed by atoms with E-state index in [1.165, 1.54) is 44.1 Å². The minimum atomic E-state index is -1.36. The predicted octanol–water partition coefficient (Wildman–Crippen LogP) is 3.82. The van der Waals surface area contributed by atoms with E-state index in [0.29, 0.717) is 0 Å². The molecule has 7 heteroatoms. The first kappa shape index (κ1) is 22.9. The number of nitrogens with zero attached hydrogens (tertiary/aromatic N) is 1. The molecule has 0 saturated carbocycles. The Morgan fingerprint density at radius 2 is 1.89 bits per heavy atom. The number of benzene rings is 1. The average Bonchev–Trinajstić information content (AvgIpc) is 2.54. The molecular weight excluding hydrogens is 351 g/mol. The standard InChI is InChI=1S/C13H16FNO4.C7H15N/c1-13(2,3)19-12(18)15-10(11(16)17)8-5-4-6-9(14)7-8;1-7-3-5-8(2)6-4-7/h4-7,10H,1-3H3,(H,15,18)(H,16,17);7H,3-6H2,1-2H3. The molecule has 1 aliphatic rings. The maximum Gasteiger partial charge on any atom is 0.408 e. The van der Waals surface area contributed by atoms with Gasteiger partial charge in [-0.1, -0.05) is 19.1 Å². The van der Waals surface area contributed by atoms with Gasteiger partial charge in [-0.3, -0.25) is 0 Å². The van der Waals surface area contributed by atoms with Crippen LogP contribution in [-0.2, 0) is 9.53 Å². The zero-order valence-electron chi connectivity index (χ0n) is 16.8. The molecule has 1 fully saturated rings. The first-order valence-electron chi connectivity index (χ1n) is 9.14. The molecule has 0 spiro atoms. The number of carboxylic acids is 1. The van der Waals surface area contributed by atoms with E-state index < -0.39 is 29.5 Å². The Morgan fingerprint density at radius 1 is 1.30 bits per heavy atom. The molecule has 1 saturated heterocycles. The van der Waals surface area contributed by atoms with E-state index in [1.807, 2.05) is 0 Å². The molecule has 2 N–H and O–H groups in total. The smallest absolute Gasteiger partial charge is 0.408 e. The van der Waals surface area contributed by atoms with Crippen molar-refractivity contribution in [3.8, 4) is 0 Å².